The predicted octanol–water partition coefficient (Wildman–Crippen LogP) is 5.33. The molecule has 0 fully saturated rings. The van der Waals surface area contributed by atoms with Crippen LogP contribution in [0.1, 0.15) is 33.8 Å². The molecule has 38 heavy (non-hydrogen) atoms. The van der Waals surface area contributed by atoms with Gasteiger partial charge in [-0.3, -0.25) is 9.59 Å². The summed E-state index contributed by atoms with van der Waals surface area (Å²) in [6, 6.07) is 17.3. The van der Waals surface area contributed by atoms with Crippen molar-refractivity contribution in [3.05, 3.63) is 100 Å². The van der Waals surface area contributed by atoms with E-state index < -0.39 is 17.8 Å². The van der Waals surface area contributed by atoms with Crippen molar-refractivity contribution < 1.29 is 24.2 Å². The van der Waals surface area contributed by atoms with Crippen molar-refractivity contribution in [2.45, 2.75) is 17.2 Å². The Bertz CT molecular complexity index is 1410. The zero-order valence-corrected chi connectivity index (χ0v) is 22.0. The molecule has 0 saturated heterocycles. The summed E-state index contributed by atoms with van der Waals surface area (Å²) in [6.45, 7) is 0.292. The highest BCUT2D eigenvalue weighted by Crippen LogP contribution is 2.41. The number of aliphatic carboxylic acids is 1. The second-order valence-corrected chi connectivity index (χ2v) is 9.69. The number of ether oxygens (including phenoxy) is 2. The number of halogens is 1. The monoisotopic (exact) mass is 551 g/mol. The number of hydrogen-bond acceptors (Lipinski definition) is 7. The lowest BCUT2D eigenvalue weighted by Gasteiger charge is -2.24. The maximum Gasteiger partial charge on any atom is 0.311 e. The van der Waals surface area contributed by atoms with E-state index >= 15 is 0 Å². The van der Waals surface area contributed by atoms with Gasteiger partial charge in [-0.25, -0.2) is 0 Å². The summed E-state index contributed by atoms with van der Waals surface area (Å²) < 4.78 is 11.5. The van der Waals surface area contributed by atoms with Crippen LogP contribution in [0, 0.1) is 0 Å². The number of carbonyl (C=O) groups is 2. The normalized spacial score (nSPS) is 15.3. The first kappa shape index (κ1) is 27.0. The topological polar surface area (TPSA) is 137 Å². The SMILES string of the molecule is CSc1ccc(/C(N)=C/C=C(\N)NC(=O)c2ccc(Oc3cc4c(cc3Cl)C(C(=O)O)CCO4)cc2)cc1. The van der Waals surface area contributed by atoms with E-state index in [0.717, 1.165) is 10.5 Å². The van der Waals surface area contributed by atoms with E-state index in [1.54, 1.807) is 54.2 Å². The second-order valence-electron chi connectivity index (χ2n) is 8.40. The molecule has 8 nitrogen and oxygen atoms in total. The molecule has 0 aromatic heterocycles. The van der Waals surface area contributed by atoms with Crippen LogP contribution in [0.2, 0.25) is 5.02 Å². The van der Waals surface area contributed by atoms with Gasteiger partial charge >= 0.3 is 5.97 Å². The van der Waals surface area contributed by atoms with Crippen LogP contribution in [0.5, 0.6) is 17.2 Å². The summed E-state index contributed by atoms with van der Waals surface area (Å²) >= 11 is 8.00. The number of carbonyl (C=O) groups excluding carboxylic acids is 1. The predicted molar refractivity (Wildman–Crippen MR) is 149 cm³/mol. The van der Waals surface area contributed by atoms with Crippen molar-refractivity contribution in [3.63, 3.8) is 0 Å². The first-order valence-electron chi connectivity index (χ1n) is 11.6. The Morgan fingerprint density at radius 2 is 1.76 bits per heavy atom. The van der Waals surface area contributed by atoms with Crippen LogP contribution >= 0.6 is 23.4 Å². The van der Waals surface area contributed by atoms with E-state index in [2.05, 4.69) is 5.32 Å². The molecule has 4 rings (SSSR count). The van der Waals surface area contributed by atoms with E-state index in [0.29, 0.717) is 47.1 Å². The van der Waals surface area contributed by atoms with Crippen LogP contribution in [0.15, 0.2) is 83.5 Å². The molecule has 1 aliphatic rings. The molecular weight excluding hydrogens is 526 g/mol. The largest absolute Gasteiger partial charge is 0.493 e. The van der Waals surface area contributed by atoms with Gasteiger partial charge in [0.2, 0.25) is 0 Å². The van der Waals surface area contributed by atoms with Gasteiger partial charge in [0, 0.05) is 27.8 Å². The van der Waals surface area contributed by atoms with E-state index in [4.69, 9.17) is 32.5 Å². The highest BCUT2D eigenvalue weighted by atomic mass is 35.5. The number of fused-ring (bicyclic) bond motifs is 1. The van der Waals surface area contributed by atoms with Crippen LogP contribution in [-0.4, -0.2) is 29.8 Å². The smallest absolute Gasteiger partial charge is 0.311 e. The summed E-state index contributed by atoms with van der Waals surface area (Å²) in [5.41, 5.74) is 14.3. The van der Waals surface area contributed by atoms with Crippen LogP contribution < -0.4 is 26.3 Å². The fourth-order valence-electron chi connectivity index (χ4n) is 3.83. The number of benzene rings is 3. The number of amides is 1. The van der Waals surface area contributed by atoms with Crippen molar-refractivity contribution in [2.75, 3.05) is 12.9 Å². The molecule has 3 aromatic carbocycles. The average Bonchev–Trinajstić information content (AvgIpc) is 2.92. The van der Waals surface area contributed by atoms with Gasteiger partial charge in [0.15, 0.2) is 0 Å². The fraction of sp³-hybridized carbons (Fsp3) is 0.143. The highest BCUT2D eigenvalue weighted by Gasteiger charge is 2.29. The number of thioether (sulfide) groups is 1. The van der Waals surface area contributed by atoms with Crippen molar-refractivity contribution >= 4 is 40.9 Å². The second kappa shape index (κ2) is 12.0. The first-order chi connectivity index (χ1) is 18.2. The van der Waals surface area contributed by atoms with Crippen molar-refractivity contribution in [1.82, 2.24) is 5.32 Å². The molecule has 3 aromatic rings. The van der Waals surface area contributed by atoms with E-state index in [9.17, 15) is 14.7 Å². The van der Waals surface area contributed by atoms with Crippen LogP contribution in [0.25, 0.3) is 5.70 Å². The van der Waals surface area contributed by atoms with Gasteiger partial charge in [0.25, 0.3) is 5.91 Å². The summed E-state index contributed by atoms with van der Waals surface area (Å²) in [6.07, 6.45) is 5.53. The van der Waals surface area contributed by atoms with Crippen LogP contribution in [0.3, 0.4) is 0 Å². The Hall–Kier alpha value is -4.08. The third-order valence-corrected chi connectivity index (χ3v) is 6.91. The Balaban J connectivity index is 1.40. The Labute approximate surface area is 229 Å². The standard InChI is InChI=1S/C28H26ClN3O5S/c1-38-19-8-4-16(5-9-19)23(30)10-11-26(31)32-27(33)17-2-6-18(7-3-17)37-25-15-24-21(14-22(25)29)20(28(34)35)12-13-36-24/h2-11,14-15,20H,12-13,30-31H2,1H3,(H,32,33)(H,34,35)/b23-10-,26-11+. The molecule has 0 aliphatic carbocycles. The molecule has 0 radical (unpaired) electrons. The highest BCUT2D eigenvalue weighted by molar-refractivity contribution is 7.98. The Morgan fingerprint density at radius 3 is 2.42 bits per heavy atom. The maximum atomic E-state index is 12.6. The van der Waals surface area contributed by atoms with Gasteiger partial charge in [-0.05, 0) is 72.9 Å². The number of allylic oxidation sites excluding steroid dienone is 2. The molecule has 0 saturated carbocycles. The minimum atomic E-state index is -0.927. The molecule has 1 atom stereocenters. The Morgan fingerprint density at radius 1 is 1.08 bits per heavy atom. The van der Waals surface area contributed by atoms with Gasteiger partial charge < -0.3 is 31.4 Å². The molecule has 0 spiro atoms. The molecule has 10 heteroatoms. The minimum Gasteiger partial charge on any atom is -0.493 e. The number of nitrogens with one attached hydrogen (secondary N) is 1. The molecule has 196 valence electrons. The summed E-state index contributed by atoms with van der Waals surface area (Å²) in [4.78, 5) is 25.3. The minimum absolute atomic E-state index is 0.138. The third kappa shape index (κ3) is 6.42. The van der Waals surface area contributed by atoms with Gasteiger partial charge in [0.1, 0.15) is 23.1 Å². The number of nitrogens with two attached hydrogens (primary N) is 2. The molecule has 1 aliphatic heterocycles. The Kier molecular flexibility index (Phi) is 8.50. The molecule has 0 bridgehead atoms. The number of rotatable bonds is 8. The molecule has 1 heterocycles. The number of hydrogen-bond donors (Lipinski definition) is 4. The average molecular weight is 552 g/mol. The molecule has 6 N–H and O–H groups in total. The number of carboxylic acid groups (broad SMARTS) is 1. The summed E-state index contributed by atoms with van der Waals surface area (Å²) in [7, 11) is 0. The lowest BCUT2D eigenvalue weighted by atomic mass is 9.93. The van der Waals surface area contributed by atoms with Gasteiger partial charge in [0.05, 0.1) is 17.5 Å². The zero-order chi connectivity index (χ0) is 27.2. The van der Waals surface area contributed by atoms with Crippen LogP contribution in [-0.2, 0) is 4.79 Å². The fourth-order valence-corrected chi connectivity index (χ4v) is 4.45. The lowest BCUT2D eigenvalue weighted by molar-refractivity contribution is -0.139. The van der Waals surface area contributed by atoms with Crippen molar-refractivity contribution in [2.24, 2.45) is 11.5 Å². The van der Waals surface area contributed by atoms with E-state index in [1.807, 2.05) is 30.5 Å². The quantitative estimate of drug-likeness (QED) is 0.218. The summed E-state index contributed by atoms with van der Waals surface area (Å²) in [5.74, 6) is -0.699. The van der Waals surface area contributed by atoms with Gasteiger partial charge in [-0.15, -0.1) is 11.8 Å². The molecule has 1 unspecified atom stereocenters. The summed E-state index contributed by atoms with van der Waals surface area (Å²) in [5, 5.41) is 12.3. The van der Waals surface area contributed by atoms with Gasteiger partial charge in [-0.2, -0.15) is 0 Å². The number of carboxylic acids is 1. The van der Waals surface area contributed by atoms with Crippen molar-refractivity contribution in [3.8, 4) is 17.2 Å². The lowest BCUT2D eigenvalue weighted by Crippen LogP contribution is -2.27. The van der Waals surface area contributed by atoms with Crippen molar-refractivity contribution in [1.29, 1.82) is 0 Å². The van der Waals surface area contributed by atoms with Gasteiger partial charge in [-0.1, -0.05) is 23.7 Å². The first-order valence-corrected chi connectivity index (χ1v) is 13.2. The maximum absolute atomic E-state index is 12.6. The van der Waals surface area contributed by atoms with E-state index in [-0.39, 0.29) is 10.8 Å². The zero-order valence-electron chi connectivity index (χ0n) is 20.4. The van der Waals surface area contributed by atoms with Crippen LogP contribution in [0.4, 0.5) is 0 Å². The third-order valence-electron chi connectivity index (χ3n) is 5.87. The van der Waals surface area contributed by atoms with E-state index in [1.165, 1.54) is 6.08 Å². The molecule has 1 amide bonds. The molecular formula is C28H26ClN3O5S.